The largest absolute Gasteiger partial charge is 0.394 e. The molecule has 3 nitrogen and oxygen atoms in total. The van der Waals surface area contributed by atoms with E-state index in [9.17, 15) is 9.90 Å². The third kappa shape index (κ3) is 4.35. The monoisotopic (exact) mass is 263 g/mol. The Morgan fingerprint density at radius 3 is 2.11 bits per heavy atom. The van der Waals surface area contributed by atoms with Gasteiger partial charge in [-0.1, -0.05) is 46.8 Å². The highest BCUT2D eigenvalue weighted by atomic mass is 16.3. The van der Waals surface area contributed by atoms with Crippen LogP contribution in [0.25, 0.3) is 0 Å². The molecule has 0 unspecified atom stereocenters. The number of benzene rings is 1. The number of aliphatic hydroxyl groups is 1. The Morgan fingerprint density at radius 2 is 1.74 bits per heavy atom. The number of amides is 1. The fraction of sp³-hybridized carbons (Fsp3) is 0.562. The highest BCUT2D eigenvalue weighted by Crippen LogP contribution is 2.20. The molecule has 0 aliphatic carbocycles. The molecule has 1 atom stereocenters. The minimum absolute atomic E-state index is 0.0562. The van der Waals surface area contributed by atoms with Crippen molar-refractivity contribution in [2.75, 3.05) is 6.61 Å². The predicted molar refractivity (Wildman–Crippen MR) is 78.3 cm³/mol. The average molecular weight is 263 g/mol. The first-order chi connectivity index (χ1) is 8.75. The van der Waals surface area contributed by atoms with Crippen LogP contribution in [0.3, 0.4) is 0 Å². The summed E-state index contributed by atoms with van der Waals surface area (Å²) in [5, 5.41) is 12.2. The smallest absolute Gasteiger partial charge is 0.251 e. The van der Waals surface area contributed by atoms with Crippen molar-refractivity contribution in [1.29, 1.82) is 0 Å². The number of carbonyl (C=O) groups is 1. The van der Waals surface area contributed by atoms with Gasteiger partial charge < -0.3 is 10.4 Å². The summed E-state index contributed by atoms with van der Waals surface area (Å²) in [6.45, 7) is 10.2. The molecular weight excluding hydrogens is 238 g/mol. The molecule has 0 bridgehead atoms. The number of hydrogen-bond acceptors (Lipinski definition) is 2. The van der Waals surface area contributed by atoms with Gasteiger partial charge in [-0.05, 0) is 29.0 Å². The molecule has 1 aromatic rings. The molecule has 0 radical (unpaired) electrons. The summed E-state index contributed by atoms with van der Waals surface area (Å²) in [6.07, 6.45) is 0. The highest BCUT2D eigenvalue weighted by molar-refractivity contribution is 5.94. The van der Waals surface area contributed by atoms with Crippen LogP contribution in [0.2, 0.25) is 0 Å². The summed E-state index contributed by atoms with van der Waals surface area (Å²) < 4.78 is 0. The number of hydrogen-bond donors (Lipinski definition) is 2. The van der Waals surface area contributed by atoms with E-state index in [4.69, 9.17) is 0 Å². The molecule has 0 saturated carbocycles. The van der Waals surface area contributed by atoms with Crippen molar-refractivity contribution in [3.63, 3.8) is 0 Å². The van der Waals surface area contributed by atoms with Crippen LogP contribution in [0.4, 0.5) is 0 Å². The fourth-order valence-corrected chi connectivity index (χ4v) is 1.80. The van der Waals surface area contributed by atoms with Crippen molar-refractivity contribution in [3.8, 4) is 0 Å². The van der Waals surface area contributed by atoms with E-state index in [1.54, 1.807) is 0 Å². The Hall–Kier alpha value is -1.35. The molecule has 19 heavy (non-hydrogen) atoms. The average Bonchev–Trinajstić information content (AvgIpc) is 2.34. The first kappa shape index (κ1) is 15.7. The Morgan fingerprint density at radius 1 is 1.21 bits per heavy atom. The van der Waals surface area contributed by atoms with Crippen LogP contribution in [-0.2, 0) is 0 Å². The van der Waals surface area contributed by atoms with Crippen molar-refractivity contribution in [2.24, 2.45) is 5.41 Å². The Labute approximate surface area is 116 Å². The molecule has 1 amide bonds. The van der Waals surface area contributed by atoms with Gasteiger partial charge in [0.2, 0.25) is 0 Å². The van der Waals surface area contributed by atoms with Crippen LogP contribution < -0.4 is 5.32 Å². The van der Waals surface area contributed by atoms with Crippen LogP contribution in [-0.4, -0.2) is 23.7 Å². The highest BCUT2D eigenvalue weighted by Gasteiger charge is 2.25. The van der Waals surface area contributed by atoms with Crippen LogP contribution >= 0.6 is 0 Å². The third-order valence-corrected chi connectivity index (χ3v) is 3.37. The summed E-state index contributed by atoms with van der Waals surface area (Å²) >= 11 is 0. The van der Waals surface area contributed by atoms with E-state index in [0.29, 0.717) is 11.5 Å². The zero-order chi connectivity index (χ0) is 14.6. The second-order valence-electron chi connectivity index (χ2n) is 6.35. The van der Waals surface area contributed by atoms with Gasteiger partial charge in [-0.15, -0.1) is 0 Å². The van der Waals surface area contributed by atoms with Crippen molar-refractivity contribution < 1.29 is 9.90 Å². The van der Waals surface area contributed by atoms with E-state index in [1.807, 2.05) is 45.0 Å². The summed E-state index contributed by atoms with van der Waals surface area (Å²) in [5.41, 5.74) is 1.68. The SMILES string of the molecule is CC(C)c1ccc(C(=O)N[C@H](CO)C(C)(C)C)cc1. The Balaban J connectivity index is 2.78. The van der Waals surface area contributed by atoms with E-state index in [-0.39, 0.29) is 24.0 Å². The van der Waals surface area contributed by atoms with Gasteiger partial charge in [0.25, 0.3) is 5.91 Å². The quantitative estimate of drug-likeness (QED) is 0.877. The maximum atomic E-state index is 12.1. The molecule has 0 aliphatic heterocycles. The summed E-state index contributed by atoms with van der Waals surface area (Å²) in [6, 6.07) is 7.38. The lowest BCUT2D eigenvalue weighted by Gasteiger charge is -2.29. The molecule has 1 rings (SSSR count). The molecule has 0 fully saturated rings. The topological polar surface area (TPSA) is 49.3 Å². The lowest BCUT2D eigenvalue weighted by Crippen LogP contribution is -2.46. The standard InChI is InChI=1S/C16H25NO2/c1-11(2)12-6-8-13(9-7-12)15(19)17-14(10-18)16(3,4)5/h6-9,11,14,18H,10H2,1-5H3,(H,17,19)/t14-/m1/s1. The Kier molecular flexibility index (Phi) is 5.12. The summed E-state index contributed by atoms with van der Waals surface area (Å²) in [5.74, 6) is 0.321. The molecule has 0 aromatic heterocycles. The van der Waals surface area contributed by atoms with Crippen molar-refractivity contribution in [2.45, 2.75) is 46.6 Å². The zero-order valence-electron chi connectivity index (χ0n) is 12.5. The molecule has 0 saturated heterocycles. The molecule has 2 N–H and O–H groups in total. The van der Waals surface area contributed by atoms with Crippen molar-refractivity contribution in [1.82, 2.24) is 5.32 Å². The number of aliphatic hydroxyl groups excluding tert-OH is 1. The van der Waals surface area contributed by atoms with Gasteiger partial charge >= 0.3 is 0 Å². The molecule has 0 aliphatic rings. The van der Waals surface area contributed by atoms with Crippen molar-refractivity contribution >= 4 is 5.91 Å². The predicted octanol–water partition coefficient (Wildman–Crippen LogP) is 2.95. The molecule has 106 valence electrons. The lowest BCUT2D eigenvalue weighted by atomic mass is 9.87. The van der Waals surface area contributed by atoms with Gasteiger partial charge in [0.05, 0.1) is 12.6 Å². The fourth-order valence-electron chi connectivity index (χ4n) is 1.80. The van der Waals surface area contributed by atoms with Gasteiger partial charge in [-0.3, -0.25) is 4.79 Å². The van der Waals surface area contributed by atoms with Gasteiger partial charge in [-0.25, -0.2) is 0 Å². The van der Waals surface area contributed by atoms with Gasteiger partial charge in [0.15, 0.2) is 0 Å². The van der Waals surface area contributed by atoms with E-state index >= 15 is 0 Å². The third-order valence-electron chi connectivity index (χ3n) is 3.37. The maximum Gasteiger partial charge on any atom is 0.251 e. The Bertz CT molecular complexity index is 415. The van der Waals surface area contributed by atoms with Crippen molar-refractivity contribution in [3.05, 3.63) is 35.4 Å². The summed E-state index contributed by atoms with van der Waals surface area (Å²) in [4.78, 5) is 12.1. The lowest BCUT2D eigenvalue weighted by molar-refractivity contribution is 0.0848. The number of carbonyl (C=O) groups excluding carboxylic acids is 1. The minimum atomic E-state index is -0.246. The van der Waals surface area contributed by atoms with Gasteiger partial charge in [0, 0.05) is 5.56 Å². The zero-order valence-corrected chi connectivity index (χ0v) is 12.5. The molecule has 1 aromatic carbocycles. The van der Waals surface area contributed by atoms with Crippen LogP contribution in [0.5, 0.6) is 0 Å². The molecule has 0 heterocycles. The van der Waals surface area contributed by atoms with E-state index in [0.717, 1.165) is 0 Å². The molecule has 3 heteroatoms. The van der Waals surface area contributed by atoms with Crippen LogP contribution in [0.15, 0.2) is 24.3 Å². The molecule has 0 spiro atoms. The maximum absolute atomic E-state index is 12.1. The minimum Gasteiger partial charge on any atom is -0.394 e. The number of nitrogens with one attached hydrogen (secondary N) is 1. The summed E-state index contributed by atoms with van der Waals surface area (Å²) in [7, 11) is 0. The first-order valence-corrected chi connectivity index (χ1v) is 6.77. The van der Waals surface area contributed by atoms with E-state index < -0.39 is 0 Å². The first-order valence-electron chi connectivity index (χ1n) is 6.77. The normalized spacial score (nSPS) is 13.4. The van der Waals surface area contributed by atoms with E-state index in [1.165, 1.54) is 5.56 Å². The van der Waals surface area contributed by atoms with Gasteiger partial charge in [0.1, 0.15) is 0 Å². The van der Waals surface area contributed by atoms with Gasteiger partial charge in [-0.2, -0.15) is 0 Å². The van der Waals surface area contributed by atoms with Crippen LogP contribution in [0, 0.1) is 5.41 Å². The molecular formula is C16H25NO2. The van der Waals surface area contributed by atoms with E-state index in [2.05, 4.69) is 19.2 Å². The second-order valence-corrected chi connectivity index (χ2v) is 6.35. The second kappa shape index (κ2) is 6.20. The van der Waals surface area contributed by atoms with Crippen LogP contribution in [0.1, 0.15) is 56.5 Å². The number of rotatable bonds is 4.